The topological polar surface area (TPSA) is 32.7 Å². The van der Waals surface area contributed by atoms with Gasteiger partial charge in [-0.25, -0.2) is 0 Å². The first-order valence-corrected chi connectivity index (χ1v) is 6.92. The summed E-state index contributed by atoms with van der Waals surface area (Å²) in [4.78, 5) is 2.43. The predicted molar refractivity (Wildman–Crippen MR) is 73.2 cm³/mol. The molecule has 18 heavy (non-hydrogen) atoms. The van der Waals surface area contributed by atoms with Gasteiger partial charge in [0.2, 0.25) is 0 Å². The summed E-state index contributed by atoms with van der Waals surface area (Å²) in [7, 11) is 0. The molecule has 0 radical (unpaired) electrons. The third kappa shape index (κ3) is 3.87. The van der Waals surface area contributed by atoms with Gasteiger partial charge in [-0.1, -0.05) is 18.0 Å². The number of aliphatic hydroxyl groups is 1. The van der Waals surface area contributed by atoms with Crippen molar-refractivity contribution in [1.82, 2.24) is 4.90 Å². The van der Waals surface area contributed by atoms with Gasteiger partial charge in [-0.3, -0.25) is 4.90 Å². The summed E-state index contributed by atoms with van der Waals surface area (Å²) < 4.78 is 5.73. The SMILES string of the molecule is OCc1cc(Cl)ccc1OCCN1CCCCC1. The molecule has 0 unspecified atom stereocenters. The highest BCUT2D eigenvalue weighted by molar-refractivity contribution is 6.30. The highest BCUT2D eigenvalue weighted by atomic mass is 35.5. The fourth-order valence-electron chi connectivity index (χ4n) is 2.28. The lowest BCUT2D eigenvalue weighted by Crippen LogP contribution is -2.33. The van der Waals surface area contributed by atoms with E-state index in [-0.39, 0.29) is 6.61 Å². The van der Waals surface area contributed by atoms with E-state index in [9.17, 15) is 5.11 Å². The number of hydrogen-bond donors (Lipinski definition) is 1. The van der Waals surface area contributed by atoms with Gasteiger partial charge in [0, 0.05) is 17.1 Å². The molecule has 1 aliphatic heterocycles. The van der Waals surface area contributed by atoms with Crippen LogP contribution < -0.4 is 4.74 Å². The Kier molecular flexibility index (Phi) is 5.29. The van der Waals surface area contributed by atoms with Crippen molar-refractivity contribution in [3.05, 3.63) is 28.8 Å². The molecule has 0 spiro atoms. The molecule has 0 saturated carbocycles. The zero-order valence-electron chi connectivity index (χ0n) is 10.6. The number of piperidine rings is 1. The van der Waals surface area contributed by atoms with Crippen LogP contribution in [0.4, 0.5) is 0 Å². The van der Waals surface area contributed by atoms with Crippen molar-refractivity contribution in [2.75, 3.05) is 26.2 Å². The maximum Gasteiger partial charge on any atom is 0.124 e. The Labute approximate surface area is 113 Å². The summed E-state index contributed by atoms with van der Waals surface area (Å²) in [6, 6.07) is 5.36. The standard InChI is InChI=1S/C14H20ClNO2/c15-13-4-5-14(12(10-13)11-17)18-9-8-16-6-2-1-3-7-16/h4-5,10,17H,1-3,6-9,11H2. The summed E-state index contributed by atoms with van der Waals surface area (Å²) in [5.74, 6) is 0.735. The van der Waals surface area contributed by atoms with Crippen LogP contribution in [-0.4, -0.2) is 36.2 Å². The Balaban J connectivity index is 1.82. The second kappa shape index (κ2) is 6.98. The first-order valence-electron chi connectivity index (χ1n) is 6.54. The Bertz CT molecular complexity index is 378. The van der Waals surface area contributed by atoms with Crippen LogP contribution in [0.25, 0.3) is 0 Å². The maximum absolute atomic E-state index is 9.24. The molecule has 0 amide bonds. The Morgan fingerprint density at radius 2 is 2.00 bits per heavy atom. The molecule has 1 aliphatic rings. The molecule has 2 rings (SSSR count). The molecule has 0 aromatic heterocycles. The lowest BCUT2D eigenvalue weighted by molar-refractivity contribution is 0.180. The van der Waals surface area contributed by atoms with Crippen LogP contribution in [0.3, 0.4) is 0 Å². The third-order valence-electron chi connectivity index (χ3n) is 3.31. The van der Waals surface area contributed by atoms with E-state index in [2.05, 4.69) is 4.90 Å². The second-order valence-corrected chi connectivity index (χ2v) is 5.10. The lowest BCUT2D eigenvalue weighted by atomic mass is 10.1. The van der Waals surface area contributed by atoms with E-state index in [1.807, 2.05) is 6.07 Å². The molecule has 1 aromatic rings. The summed E-state index contributed by atoms with van der Waals surface area (Å²) in [5.41, 5.74) is 0.751. The van der Waals surface area contributed by atoms with Crippen LogP contribution in [0.1, 0.15) is 24.8 Å². The average molecular weight is 270 g/mol. The molecule has 1 fully saturated rings. The normalized spacial score (nSPS) is 16.8. The number of nitrogens with zero attached hydrogens (tertiary/aromatic N) is 1. The summed E-state index contributed by atoms with van der Waals surface area (Å²) in [5, 5.41) is 9.87. The zero-order chi connectivity index (χ0) is 12.8. The highest BCUT2D eigenvalue weighted by Crippen LogP contribution is 2.22. The molecule has 1 heterocycles. The molecule has 1 saturated heterocycles. The van der Waals surface area contributed by atoms with Gasteiger partial charge in [0.15, 0.2) is 0 Å². The van der Waals surface area contributed by atoms with Crippen molar-refractivity contribution in [3.63, 3.8) is 0 Å². The molecule has 4 heteroatoms. The molecule has 1 aromatic carbocycles. The molecule has 1 N–H and O–H groups in total. The van der Waals surface area contributed by atoms with Crippen LogP contribution >= 0.6 is 11.6 Å². The average Bonchev–Trinajstić information content (AvgIpc) is 2.41. The first-order chi connectivity index (χ1) is 8.79. The lowest BCUT2D eigenvalue weighted by Gasteiger charge is -2.26. The number of benzene rings is 1. The number of halogens is 1. The number of likely N-dealkylation sites (tertiary alicyclic amines) is 1. The molecule has 0 aliphatic carbocycles. The third-order valence-corrected chi connectivity index (χ3v) is 3.54. The highest BCUT2D eigenvalue weighted by Gasteiger charge is 2.10. The van der Waals surface area contributed by atoms with E-state index in [0.29, 0.717) is 11.6 Å². The van der Waals surface area contributed by atoms with Gasteiger partial charge in [0.05, 0.1) is 6.61 Å². The molecule has 0 atom stereocenters. The van der Waals surface area contributed by atoms with E-state index in [1.165, 1.54) is 32.4 Å². The van der Waals surface area contributed by atoms with Crippen molar-refractivity contribution in [3.8, 4) is 5.75 Å². The van der Waals surface area contributed by atoms with Crippen LogP contribution in [0.5, 0.6) is 5.75 Å². The van der Waals surface area contributed by atoms with E-state index in [0.717, 1.165) is 17.9 Å². The molecule has 100 valence electrons. The number of ether oxygens (including phenoxy) is 1. The molecule has 0 bridgehead atoms. The summed E-state index contributed by atoms with van der Waals surface area (Å²) in [6.07, 6.45) is 3.94. The van der Waals surface area contributed by atoms with E-state index in [1.54, 1.807) is 12.1 Å². The minimum Gasteiger partial charge on any atom is -0.492 e. The molecule has 3 nitrogen and oxygen atoms in total. The second-order valence-electron chi connectivity index (χ2n) is 4.66. The summed E-state index contributed by atoms with van der Waals surface area (Å²) in [6.45, 7) is 3.93. The van der Waals surface area contributed by atoms with Gasteiger partial charge in [0.25, 0.3) is 0 Å². The van der Waals surface area contributed by atoms with Gasteiger partial charge in [-0.2, -0.15) is 0 Å². The van der Waals surface area contributed by atoms with Gasteiger partial charge in [0.1, 0.15) is 12.4 Å². The predicted octanol–water partition coefficient (Wildman–Crippen LogP) is 2.70. The Morgan fingerprint density at radius 3 is 2.72 bits per heavy atom. The Morgan fingerprint density at radius 1 is 1.22 bits per heavy atom. The number of rotatable bonds is 5. The van der Waals surface area contributed by atoms with Crippen molar-refractivity contribution in [1.29, 1.82) is 0 Å². The van der Waals surface area contributed by atoms with Gasteiger partial charge < -0.3 is 9.84 Å². The van der Waals surface area contributed by atoms with Gasteiger partial charge in [-0.15, -0.1) is 0 Å². The smallest absolute Gasteiger partial charge is 0.124 e. The van der Waals surface area contributed by atoms with Crippen LogP contribution in [0.2, 0.25) is 5.02 Å². The number of aliphatic hydroxyl groups excluding tert-OH is 1. The minimum atomic E-state index is -0.0421. The van der Waals surface area contributed by atoms with E-state index >= 15 is 0 Å². The van der Waals surface area contributed by atoms with Crippen molar-refractivity contribution < 1.29 is 9.84 Å². The largest absolute Gasteiger partial charge is 0.492 e. The van der Waals surface area contributed by atoms with Crippen LogP contribution in [0, 0.1) is 0 Å². The summed E-state index contributed by atoms with van der Waals surface area (Å²) >= 11 is 5.88. The minimum absolute atomic E-state index is 0.0421. The van der Waals surface area contributed by atoms with E-state index < -0.39 is 0 Å². The number of hydrogen-bond acceptors (Lipinski definition) is 3. The fraction of sp³-hybridized carbons (Fsp3) is 0.571. The zero-order valence-corrected chi connectivity index (χ0v) is 11.3. The van der Waals surface area contributed by atoms with Crippen LogP contribution in [-0.2, 0) is 6.61 Å². The molecular formula is C14H20ClNO2. The van der Waals surface area contributed by atoms with Crippen molar-refractivity contribution in [2.45, 2.75) is 25.9 Å². The van der Waals surface area contributed by atoms with Crippen LogP contribution in [0.15, 0.2) is 18.2 Å². The fourth-order valence-corrected chi connectivity index (χ4v) is 2.47. The van der Waals surface area contributed by atoms with Gasteiger partial charge in [-0.05, 0) is 44.1 Å². The molecular weight excluding hydrogens is 250 g/mol. The monoisotopic (exact) mass is 269 g/mol. The quantitative estimate of drug-likeness (QED) is 0.892. The maximum atomic E-state index is 9.24. The Hall–Kier alpha value is -0.770. The van der Waals surface area contributed by atoms with E-state index in [4.69, 9.17) is 16.3 Å². The van der Waals surface area contributed by atoms with Crippen molar-refractivity contribution >= 4 is 11.6 Å². The van der Waals surface area contributed by atoms with Crippen molar-refractivity contribution in [2.24, 2.45) is 0 Å². The van der Waals surface area contributed by atoms with Gasteiger partial charge >= 0.3 is 0 Å². The first kappa shape index (κ1) is 13.7.